The second-order valence-corrected chi connectivity index (χ2v) is 11.2. The molecule has 2 bridgehead atoms. The Hall–Kier alpha value is -3.92. The summed E-state index contributed by atoms with van der Waals surface area (Å²) in [6.45, 7) is 8.45. The van der Waals surface area contributed by atoms with Gasteiger partial charge in [-0.05, 0) is 67.6 Å². The van der Waals surface area contributed by atoms with E-state index in [-0.39, 0.29) is 23.0 Å². The summed E-state index contributed by atoms with van der Waals surface area (Å²) in [6.07, 6.45) is 6.40. The molecule has 1 unspecified atom stereocenters. The molecule has 39 heavy (non-hydrogen) atoms. The third-order valence-corrected chi connectivity index (χ3v) is 9.06. The van der Waals surface area contributed by atoms with Crippen LogP contribution < -0.4 is 5.32 Å². The summed E-state index contributed by atoms with van der Waals surface area (Å²) in [7, 11) is 2.15. The van der Waals surface area contributed by atoms with Gasteiger partial charge in [-0.3, -0.25) is 4.79 Å². The van der Waals surface area contributed by atoms with E-state index in [9.17, 15) is 15.0 Å². The van der Waals surface area contributed by atoms with Crippen molar-refractivity contribution < 1.29 is 15.0 Å². The van der Waals surface area contributed by atoms with Crippen LogP contribution in [0.4, 0.5) is 5.69 Å². The number of aliphatic hydroxyl groups is 1. The molecule has 1 amide bonds. The molecule has 3 aromatic rings. The van der Waals surface area contributed by atoms with E-state index in [4.69, 9.17) is 6.57 Å². The molecule has 0 radical (unpaired) electrons. The number of fused-ring (bicyclic) bond motifs is 1. The summed E-state index contributed by atoms with van der Waals surface area (Å²) in [5.41, 5.74) is 5.78. The first kappa shape index (κ1) is 25.4. The van der Waals surface area contributed by atoms with Crippen LogP contribution in [0, 0.1) is 12.5 Å². The van der Waals surface area contributed by atoms with Crippen LogP contribution in [0.2, 0.25) is 0 Å². The highest BCUT2D eigenvalue weighted by Crippen LogP contribution is 2.56. The van der Waals surface area contributed by atoms with E-state index in [0.717, 1.165) is 47.2 Å². The van der Waals surface area contributed by atoms with Crippen molar-refractivity contribution in [2.45, 2.75) is 43.2 Å². The van der Waals surface area contributed by atoms with Crippen LogP contribution in [0.3, 0.4) is 0 Å². The van der Waals surface area contributed by atoms with Gasteiger partial charge in [0.2, 0.25) is 0 Å². The first-order valence-electron chi connectivity index (χ1n) is 13.7. The number of rotatable bonds is 5. The Kier molecular flexibility index (Phi) is 6.50. The fraction of sp³-hybridized carbons (Fsp3) is 0.333. The number of nitrogens with zero attached hydrogens (tertiary/aromatic N) is 2. The molecule has 0 saturated carbocycles. The molecule has 6 heteroatoms. The van der Waals surface area contributed by atoms with Crippen LogP contribution in [-0.2, 0) is 18.3 Å². The van der Waals surface area contributed by atoms with E-state index in [1.54, 1.807) is 6.07 Å². The number of nitrogens with one attached hydrogen (secondary N) is 1. The predicted molar refractivity (Wildman–Crippen MR) is 152 cm³/mol. The van der Waals surface area contributed by atoms with E-state index < -0.39 is 6.10 Å². The normalized spacial score (nSPS) is 25.3. The minimum Gasteiger partial charge on any atom is -0.507 e. The number of likely N-dealkylation sites (N-methyl/N-ethyl adjacent to an activating group) is 1. The van der Waals surface area contributed by atoms with Crippen LogP contribution in [0.5, 0.6) is 5.75 Å². The van der Waals surface area contributed by atoms with Crippen LogP contribution in [-0.4, -0.2) is 53.3 Å². The molecule has 6 rings (SSSR count). The molecule has 0 aromatic heterocycles. The zero-order valence-corrected chi connectivity index (χ0v) is 22.1. The molecule has 1 saturated heterocycles. The van der Waals surface area contributed by atoms with Gasteiger partial charge in [-0.15, -0.1) is 0 Å². The Morgan fingerprint density at radius 3 is 2.51 bits per heavy atom. The lowest BCUT2D eigenvalue weighted by atomic mass is 9.53. The van der Waals surface area contributed by atoms with Gasteiger partial charge >= 0.3 is 0 Å². The predicted octanol–water partition coefficient (Wildman–Crippen LogP) is 5.02. The van der Waals surface area contributed by atoms with Crippen LogP contribution >= 0.6 is 0 Å². The Morgan fingerprint density at radius 2 is 1.79 bits per heavy atom. The van der Waals surface area contributed by atoms with E-state index in [1.165, 1.54) is 0 Å². The number of benzene rings is 3. The molecule has 1 fully saturated rings. The average molecular weight is 520 g/mol. The van der Waals surface area contributed by atoms with Crippen LogP contribution in [0.25, 0.3) is 16.0 Å². The van der Waals surface area contributed by atoms with Crippen molar-refractivity contribution in [1.82, 2.24) is 10.2 Å². The quantitative estimate of drug-likeness (QED) is 0.327. The van der Waals surface area contributed by atoms with Crippen molar-refractivity contribution in [1.29, 1.82) is 0 Å². The van der Waals surface area contributed by atoms with E-state index in [1.807, 2.05) is 36.4 Å². The molecule has 1 heterocycles. The van der Waals surface area contributed by atoms with Gasteiger partial charge in [0.05, 0.1) is 18.2 Å². The summed E-state index contributed by atoms with van der Waals surface area (Å²) < 4.78 is 0. The van der Waals surface area contributed by atoms with Crippen LogP contribution in [0.15, 0.2) is 72.8 Å². The Balaban J connectivity index is 1.17. The lowest BCUT2D eigenvalue weighted by Crippen LogP contribution is -2.60. The van der Waals surface area contributed by atoms with Gasteiger partial charge in [0, 0.05) is 29.5 Å². The van der Waals surface area contributed by atoms with Gasteiger partial charge < -0.3 is 20.4 Å². The minimum atomic E-state index is -0.544. The molecule has 3 N–H and O–H groups in total. The number of aromatic hydroxyl groups is 1. The molecule has 4 atom stereocenters. The zero-order valence-electron chi connectivity index (χ0n) is 22.1. The summed E-state index contributed by atoms with van der Waals surface area (Å²) in [5, 5.41) is 25.1. The average Bonchev–Trinajstić information content (AvgIpc) is 2.95. The third-order valence-electron chi connectivity index (χ3n) is 9.06. The molecule has 1 aliphatic heterocycles. The number of carbonyl (C=O) groups excluding carboxylic acids is 1. The number of hydrogen-bond donors (Lipinski definition) is 3. The highest BCUT2D eigenvalue weighted by atomic mass is 16.3. The maximum atomic E-state index is 13.2. The van der Waals surface area contributed by atoms with E-state index in [2.05, 4.69) is 52.5 Å². The van der Waals surface area contributed by atoms with Crippen molar-refractivity contribution in [3.63, 3.8) is 0 Å². The SMILES string of the molecule is [C-]#[N+]c1ccc(-c2ccc(CCNC(=O)c3ccc4c(c3O)[C@]35CCN(C)C(C4)[C@@H]3C=C[C@H](O)C5)cc2)cc1. The molecular formula is C33H33N3O3. The Bertz CT molecular complexity index is 1470. The zero-order chi connectivity index (χ0) is 27.1. The lowest BCUT2D eigenvalue weighted by Gasteiger charge is -2.57. The van der Waals surface area contributed by atoms with Gasteiger partial charge in [-0.25, -0.2) is 4.85 Å². The van der Waals surface area contributed by atoms with Crippen molar-refractivity contribution in [2.24, 2.45) is 5.92 Å². The van der Waals surface area contributed by atoms with E-state index in [0.29, 0.717) is 36.7 Å². The fourth-order valence-corrected chi connectivity index (χ4v) is 7.04. The first-order valence-corrected chi connectivity index (χ1v) is 13.7. The molecule has 198 valence electrons. The molecule has 3 aromatic carbocycles. The molecule has 2 aliphatic carbocycles. The monoisotopic (exact) mass is 519 g/mol. The molecular weight excluding hydrogens is 486 g/mol. The maximum absolute atomic E-state index is 13.2. The van der Waals surface area contributed by atoms with Crippen molar-refractivity contribution in [3.05, 3.63) is 106 Å². The van der Waals surface area contributed by atoms with Gasteiger partial charge in [0.1, 0.15) is 5.75 Å². The number of likely N-dealkylation sites (tertiary alicyclic amines) is 1. The summed E-state index contributed by atoms with van der Waals surface area (Å²) in [4.78, 5) is 19.0. The smallest absolute Gasteiger partial charge is 0.255 e. The molecule has 6 nitrogen and oxygen atoms in total. The fourth-order valence-electron chi connectivity index (χ4n) is 7.04. The van der Waals surface area contributed by atoms with Crippen molar-refractivity contribution in [3.8, 4) is 16.9 Å². The molecule has 0 spiro atoms. The second-order valence-electron chi connectivity index (χ2n) is 11.2. The topological polar surface area (TPSA) is 77.2 Å². The van der Waals surface area contributed by atoms with Gasteiger partial charge in [-0.1, -0.05) is 66.7 Å². The number of piperidine rings is 1. The number of amides is 1. The lowest BCUT2D eigenvalue weighted by molar-refractivity contribution is 0.0195. The Morgan fingerprint density at radius 1 is 1.08 bits per heavy atom. The highest BCUT2D eigenvalue weighted by molar-refractivity contribution is 5.97. The summed E-state index contributed by atoms with van der Waals surface area (Å²) in [6, 6.07) is 19.8. The highest BCUT2D eigenvalue weighted by Gasteiger charge is 2.54. The van der Waals surface area contributed by atoms with E-state index >= 15 is 0 Å². The van der Waals surface area contributed by atoms with Gasteiger partial charge in [0.15, 0.2) is 5.69 Å². The number of carbonyl (C=O) groups is 1. The second kappa shape index (κ2) is 10.00. The van der Waals surface area contributed by atoms with Gasteiger partial charge in [0.25, 0.3) is 5.91 Å². The number of phenolic OH excluding ortho intramolecular Hbond substituents is 1. The maximum Gasteiger partial charge on any atom is 0.255 e. The Labute approximate surface area is 229 Å². The summed E-state index contributed by atoms with van der Waals surface area (Å²) >= 11 is 0. The first-order chi connectivity index (χ1) is 18.9. The number of phenols is 1. The van der Waals surface area contributed by atoms with Gasteiger partial charge in [-0.2, -0.15) is 0 Å². The van der Waals surface area contributed by atoms with Crippen molar-refractivity contribution in [2.75, 3.05) is 20.1 Å². The molecule has 3 aliphatic rings. The third kappa shape index (κ3) is 4.42. The minimum absolute atomic E-state index is 0.0779. The number of hydrogen-bond acceptors (Lipinski definition) is 4. The van der Waals surface area contributed by atoms with Crippen molar-refractivity contribution >= 4 is 11.6 Å². The largest absolute Gasteiger partial charge is 0.507 e. The summed E-state index contributed by atoms with van der Waals surface area (Å²) in [5.74, 6) is 0.0146. The number of aliphatic hydroxyl groups excluding tert-OH is 1. The standard InChI is InChI=1S/C33H33N3O3/c1-34-25-10-7-23(8-11-25)22-5-3-21(4-6-22)15-17-35-32(39)27-13-9-24-19-29-28-14-12-26(37)20-33(28,16-18-36(29)2)30(24)31(27)38/h3-14,26,28-29,37-38H,15-20H2,2H3,(H,35,39)/t26-,28-,29?,33-/m0/s1. The van der Waals surface area contributed by atoms with Crippen LogP contribution in [0.1, 0.15) is 39.9 Å².